The molecular weight excluding hydrogens is 412 g/mol. The fourth-order valence-electron chi connectivity index (χ4n) is 2.79. The summed E-state index contributed by atoms with van der Waals surface area (Å²) in [6.07, 6.45) is 2.75. The molecule has 0 unspecified atom stereocenters. The van der Waals surface area contributed by atoms with E-state index in [0.717, 1.165) is 65.9 Å². The number of hydrogen-bond acceptors (Lipinski definition) is 9. The Labute approximate surface area is 177 Å². The van der Waals surface area contributed by atoms with E-state index in [0.29, 0.717) is 5.17 Å². The molecular formula is C19H22N4O4S2. The average molecular weight is 435 g/mol. The molecule has 0 spiro atoms. The molecule has 0 atom stereocenters. The van der Waals surface area contributed by atoms with Gasteiger partial charge in [-0.1, -0.05) is 0 Å². The molecule has 2 aliphatic heterocycles. The van der Waals surface area contributed by atoms with E-state index in [1.807, 2.05) is 30.0 Å². The van der Waals surface area contributed by atoms with Crippen LogP contribution in [-0.2, 0) is 20.9 Å². The topological polar surface area (TPSA) is 92.6 Å². The van der Waals surface area contributed by atoms with E-state index in [9.17, 15) is 9.59 Å². The number of carbonyl (C=O) groups is 2. The summed E-state index contributed by atoms with van der Waals surface area (Å²) in [4.78, 5) is 25.7. The molecule has 2 aliphatic rings. The van der Waals surface area contributed by atoms with Crippen LogP contribution in [0.25, 0.3) is 0 Å². The SMILES string of the molecule is COC(=O)/C=C1/S/C(=N\N=Cc2ccc(OC)c(CN3CCSCC3)c2)NC1=O. The third-order valence-corrected chi connectivity index (χ3v) is 6.10. The minimum atomic E-state index is -0.592. The number of esters is 1. The Morgan fingerprint density at radius 2 is 2.10 bits per heavy atom. The van der Waals surface area contributed by atoms with Gasteiger partial charge in [0, 0.05) is 42.8 Å². The van der Waals surface area contributed by atoms with Gasteiger partial charge in [0.25, 0.3) is 5.91 Å². The van der Waals surface area contributed by atoms with Gasteiger partial charge >= 0.3 is 5.97 Å². The van der Waals surface area contributed by atoms with Crippen LogP contribution in [0.2, 0.25) is 0 Å². The van der Waals surface area contributed by atoms with Crippen LogP contribution in [0.1, 0.15) is 11.1 Å². The Kier molecular flexibility index (Phi) is 7.73. The number of nitrogens with one attached hydrogen (secondary N) is 1. The summed E-state index contributed by atoms with van der Waals surface area (Å²) >= 11 is 3.02. The summed E-state index contributed by atoms with van der Waals surface area (Å²) in [6, 6.07) is 5.86. The second kappa shape index (κ2) is 10.5. The van der Waals surface area contributed by atoms with Crippen molar-refractivity contribution < 1.29 is 19.1 Å². The Morgan fingerprint density at radius 1 is 1.31 bits per heavy atom. The molecule has 0 radical (unpaired) electrons. The smallest absolute Gasteiger partial charge is 0.331 e. The number of hydrogen-bond donors (Lipinski definition) is 1. The molecule has 2 fully saturated rings. The first kappa shape index (κ1) is 21.4. The van der Waals surface area contributed by atoms with Crippen molar-refractivity contribution in [1.82, 2.24) is 10.2 Å². The van der Waals surface area contributed by atoms with Gasteiger partial charge in [-0.25, -0.2) is 4.79 Å². The number of benzene rings is 1. The molecule has 2 saturated heterocycles. The quantitative estimate of drug-likeness (QED) is 0.316. The highest BCUT2D eigenvalue weighted by Crippen LogP contribution is 2.24. The molecule has 0 aliphatic carbocycles. The van der Waals surface area contributed by atoms with Gasteiger partial charge in [0.1, 0.15) is 5.75 Å². The Hall–Kier alpha value is -2.30. The molecule has 2 heterocycles. The van der Waals surface area contributed by atoms with E-state index < -0.39 is 11.9 Å². The molecule has 0 saturated carbocycles. The average Bonchev–Trinajstić information content (AvgIpc) is 3.08. The van der Waals surface area contributed by atoms with Gasteiger partial charge < -0.3 is 9.47 Å². The first-order valence-electron chi connectivity index (χ1n) is 8.96. The molecule has 29 heavy (non-hydrogen) atoms. The number of carbonyl (C=O) groups excluding carboxylic acids is 2. The maximum atomic E-state index is 11.8. The minimum absolute atomic E-state index is 0.220. The molecule has 3 rings (SSSR count). The number of rotatable bonds is 6. The van der Waals surface area contributed by atoms with E-state index in [4.69, 9.17) is 4.74 Å². The van der Waals surface area contributed by atoms with Crippen LogP contribution in [0.4, 0.5) is 0 Å². The van der Waals surface area contributed by atoms with Crippen molar-refractivity contribution in [2.75, 3.05) is 38.8 Å². The zero-order valence-corrected chi connectivity index (χ0v) is 17.8. The van der Waals surface area contributed by atoms with Crippen LogP contribution < -0.4 is 10.1 Å². The molecule has 8 nitrogen and oxygen atoms in total. The van der Waals surface area contributed by atoms with Crippen molar-refractivity contribution in [3.05, 3.63) is 40.3 Å². The van der Waals surface area contributed by atoms with E-state index >= 15 is 0 Å². The van der Waals surface area contributed by atoms with E-state index in [1.165, 1.54) is 7.11 Å². The van der Waals surface area contributed by atoms with Gasteiger partial charge in [-0.2, -0.15) is 16.9 Å². The monoisotopic (exact) mass is 434 g/mol. The normalized spacial score (nSPS) is 20.4. The van der Waals surface area contributed by atoms with Crippen molar-refractivity contribution in [1.29, 1.82) is 0 Å². The molecule has 1 amide bonds. The predicted octanol–water partition coefficient (Wildman–Crippen LogP) is 1.85. The minimum Gasteiger partial charge on any atom is -0.496 e. The fourth-order valence-corrected chi connectivity index (χ4v) is 4.51. The lowest BCUT2D eigenvalue weighted by Gasteiger charge is -2.26. The van der Waals surface area contributed by atoms with Gasteiger partial charge in [0.15, 0.2) is 5.17 Å². The lowest BCUT2D eigenvalue weighted by molar-refractivity contribution is -0.135. The molecule has 154 valence electrons. The summed E-state index contributed by atoms with van der Waals surface area (Å²) in [6.45, 7) is 2.96. The van der Waals surface area contributed by atoms with E-state index in [1.54, 1.807) is 13.3 Å². The third-order valence-electron chi connectivity index (χ3n) is 4.26. The molecule has 1 N–H and O–H groups in total. The summed E-state index contributed by atoms with van der Waals surface area (Å²) in [5.74, 6) is 2.15. The first-order chi connectivity index (χ1) is 14.1. The van der Waals surface area contributed by atoms with Crippen molar-refractivity contribution >= 4 is 46.8 Å². The van der Waals surface area contributed by atoms with Crippen molar-refractivity contribution in [2.24, 2.45) is 10.2 Å². The molecule has 0 bridgehead atoms. The maximum Gasteiger partial charge on any atom is 0.331 e. The van der Waals surface area contributed by atoms with Gasteiger partial charge in [-0.3, -0.25) is 15.0 Å². The van der Waals surface area contributed by atoms with Gasteiger partial charge in [0.2, 0.25) is 0 Å². The van der Waals surface area contributed by atoms with Crippen LogP contribution >= 0.6 is 23.5 Å². The Morgan fingerprint density at radius 3 is 2.83 bits per heavy atom. The van der Waals surface area contributed by atoms with Crippen molar-refractivity contribution in [2.45, 2.75) is 6.54 Å². The highest BCUT2D eigenvalue weighted by atomic mass is 32.2. The molecule has 1 aromatic carbocycles. The zero-order valence-electron chi connectivity index (χ0n) is 16.2. The van der Waals surface area contributed by atoms with Crippen LogP contribution in [0, 0.1) is 0 Å². The van der Waals surface area contributed by atoms with Crippen molar-refractivity contribution in [3.8, 4) is 5.75 Å². The Bertz CT molecular complexity index is 864. The number of thioether (sulfide) groups is 2. The van der Waals surface area contributed by atoms with Crippen LogP contribution in [0.5, 0.6) is 5.75 Å². The molecule has 1 aromatic rings. The van der Waals surface area contributed by atoms with E-state index in [2.05, 4.69) is 25.2 Å². The number of methoxy groups -OCH3 is 2. The number of amides is 1. The lowest BCUT2D eigenvalue weighted by Crippen LogP contribution is -2.32. The summed E-state index contributed by atoms with van der Waals surface area (Å²) in [5, 5.41) is 10.9. The third kappa shape index (κ3) is 6.09. The van der Waals surface area contributed by atoms with Gasteiger partial charge in [-0.05, 0) is 35.5 Å². The number of nitrogens with zero attached hydrogens (tertiary/aromatic N) is 3. The van der Waals surface area contributed by atoms with Gasteiger partial charge in [-0.15, -0.1) is 5.10 Å². The van der Waals surface area contributed by atoms with Crippen LogP contribution in [0.15, 0.2) is 39.4 Å². The maximum absolute atomic E-state index is 11.8. The second-order valence-corrected chi connectivity index (χ2v) is 8.45. The van der Waals surface area contributed by atoms with Crippen molar-refractivity contribution in [3.63, 3.8) is 0 Å². The zero-order chi connectivity index (χ0) is 20.6. The number of ether oxygens (including phenoxy) is 2. The largest absolute Gasteiger partial charge is 0.496 e. The van der Waals surface area contributed by atoms with Crippen LogP contribution in [0.3, 0.4) is 0 Å². The van der Waals surface area contributed by atoms with Gasteiger partial charge in [0.05, 0.1) is 25.3 Å². The first-order valence-corrected chi connectivity index (χ1v) is 10.9. The summed E-state index contributed by atoms with van der Waals surface area (Å²) in [5.41, 5.74) is 1.99. The standard InChI is InChI=1S/C19H22N4O4S2/c1-26-15-4-3-13(9-14(15)12-23-5-7-28-8-6-23)11-20-22-19-21-18(25)16(29-19)10-17(24)27-2/h3-4,9-11H,5-8,12H2,1-2H3,(H,21,22,25)/b16-10+,20-11?. The van der Waals surface area contributed by atoms with E-state index in [-0.39, 0.29) is 4.91 Å². The Balaban J connectivity index is 1.68. The van der Waals surface area contributed by atoms with Crippen LogP contribution in [-0.4, -0.2) is 67.0 Å². The molecule has 10 heteroatoms. The fraction of sp³-hybridized carbons (Fsp3) is 0.368. The highest BCUT2D eigenvalue weighted by Gasteiger charge is 2.25. The number of amidine groups is 1. The summed E-state index contributed by atoms with van der Waals surface area (Å²) in [7, 11) is 2.92. The lowest BCUT2D eigenvalue weighted by atomic mass is 10.1. The summed E-state index contributed by atoms with van der Waals surface area (Å²) < 4.78 is 10.0. The highest BCUT2D eigenvalue weighted by molar-refractivity contribution is 8.18. The second-order valence-electron chi connectivity index (χ2n) is 6.20. The molecule has 0 aromatic heterocycles. The predicted molar refractivity (Wildman–Crippen MR) is 116 cm³/mol.